The molecule has 0 aliphatic heterocycles. The van der Waals surface area contributed by atoms with Gasteiger partial charge in [-0.25, -0.2) is 9.37 Å². The lowest BCUT2D eigenvalue weighted by Crippen LogP contribution is -2.42. The van der Waals surface area contributed by atoms with Crippen LogP contribution in [-0.2, 0) is 6.42 Å². The van der Waals surface area contributed by atoms with Crippen LogP contribution < -0.4 is 15.4 Å². The third-order valence-electron chi connectivity index (χ3n) is 3.86. The van der Waals surface area contributed by atoms with E-state index in [2.05, 4.69) is 30.8 Å². The molecule has 2 aromatic heterocycles. The molecule has 10 heteroatoms. The number of furan rings is 1. The molecule has 8 nitrogen and oxygen atoms in total. The molecule has 3 aromatic rings. The van der Waals surface area contributed by atoms with Crippen LogP contribution in [-0.4, -0.2) is 47.4 Å². The number of aromatic nitrogens is 3. The zero-order chi connectivity index (χ0) is 19.8. The summed E-state index contributed by atoms with van der Waals surface area (Å²) in [5.41, 5.74) is 0. The van der Waals surface area contributed by atoms with Gasteiger partial charge in [-0.2, -0.15) is 5.10 Å². The van der Waals surface area contributed by atoms with E-state index in [1.807, 2.05) is 13.0 Å². The first kappa shape index (κ1) is 22.7. The highest BCUT2D eigenvalue weighted by molar-refractivity contribution is 14.0. The predicted octanol–water partition coefficient (Wildman–Crippen LogP) is 3.00. The normalized spacial score (nSPS) is 12.2. The Labute approximate surface area is 185 Å². The van der Waals surface area contributed by atoms with E-state index in [0.717, 1.165) is 5.82 Å². The number of ether oxygens (including phenoxy) is 1. The first-order chi connectivity index (χ1) is 13.6. The Kier molecular flexibility index (Phi) is 8.90. The van der Waals surface area contributed by atoms with Gasteiger partial charge >= 0.3 is 0 Å². The SMILES string of the molecule is CN=C(NCCc1nc(-c2ccco2)n[nH]1)NCC(C)Oc1ccc(F)cc1.I. The molecule has 0 spiro atoms. The van der Waals surface area contributed by atoms with Gasteiger partial charge in [0.05, 0.1) is 12.8 Å². The highest BCUT2D eigenvalue weighted by Crippen LogP contribution is 2.14. The molecule has 3 N–H and O–H groups in total. The van der Waals surface area contributed by atoms with Crippen molar-refractivity contribution in [2.45, 2.75) is 19.4 Å². The molecule has 1 atom stereocenters. The smallest absolute Gasteiger partial charge is 0.216 e. The van der Waals surface area contributed by atoms with Crippen LogP contribution >= 0.6 is 24.0 Å². The lowest BCUT2D eigenvalue weighted by molar-refractivity contribution is 0.223. The minimum Gasteiger partial charge on any atom is -0.489 e. The number of aliphatic imine (C=N–C) groups is 1. The summed E-state index contributed by atoms with van der Waals surface area (Å²) in [5.74, 6) is 2.90. The third kappa shape index (κ3) is 7.04. The summed E-state index contributed by atoms with van der Waals surface area (Å²) in [6.45, 7) is 3.09. The summed E-state index contributed by atoms with van der Waals surface area (Å²) in [6, 6.07) is 9.56. The zero-order valence-electron chi connectivity index (χ0n) is 16.2. The van der Waals surface area contributed by atoms with Gasteiger partial charge in [0.25, 0.3) is 0 Å². The molecule has 0 aliphatic carbocycles. The number of halogens is 2. The summed E-state index contributed by atoms with van der Waals surface area (Å²) in [6.07, 6.45) is 2.12. The molecular weight excluding hydrogens is 490 g/mol. The van der Waals surface area contributed by atoms with E-state index in [-0.39, 0.29) is 35.9 Å². The summed E-state index contributed by atoms with van der Waals surface area (Å²) in [4.78, 5) is 8.58. The van der Waals surface area contributed by atoms with Gasteiger partial charge in [0.2, 0.25) is 5.82 Å². The summed E-state index contributed by atoms with van der Waals surface area (Å²) in [5, 5.41) is 13.4. The molecule has 1 unspecified atom stereocenters. The highest BCUT2D eigenvalue weighted by Gasteiger charge is 2.09. The maximum atomic E-state index is 12.9. The largest absolute Gasteiger partial charge is 0.489 e. The van der Waals surface area contributed by atoms with E-state index in [9.17, 15) is 4.39 Å². The van der Waals surface area contributed by atoms with E-state index in [4.69, 9.17) is 9.15 Å². The van der Waals surface area contributed by atoms with Crippen LogP contribution in [0.15, 0.2) is 52.1 Å². The third-order valence-corrected chi connectivity index (χ3v) is 3.86. The number of hydrogen-bond donors (Lipinski definition) is 3. The summed E-state index contributed by atoms with van der Waals surface area (Å²) >= 11 is 0. The second-order valence-corrected chi connectivity index (χ2v) is 6.10. The van der Waals surface area contributed by atoms with Crippen molar-refractivity contribution in [1.29, 1.82) is 0 Å². The fraction of sp³-hybridized carbons (Fsp3) is 0.316. The van der Waals surface area contributed by atoms with Crippen molar-refractivity contribution in [2.75, 3.05) is 20.1 Å². The number of rotatable bonds is 8. The van der Waals surface area contributed by atoms with Gasteiger partial charge in [0.15, 0.2) is 11.7 Å². The topological polar surface area (TPSA) is 100 Å². The van der Waals surface area contributed by atoms with Crippen molar-refractivity contribution in [3.05, 3.63) is 54.3 Å². The molecule has 0 saturated carbocycles. The van der Waals surface area contributed by atoms with Crippen LogP contribution in [0.3, 0.4) is 0 Å². The standard InChI is InChI=1S/C19H23FN6O2.HI/c1-13(28-15-7-5-14(20)6-8-15)12-23-19(21-2)22-10-9-17-24-18(26-25-17)16-4-3-11-27-16;/h3-8,11,13H,9-10,12H2,1-2H3,(H2,21,22,23)(H,24,25,26);1H. The van der Waals surface area contributed by atoms with Crippen molar-refractivity contribution in [2.24, 2.45) is 4.99 Å². The number of guanidine groups is 1. The maximum Gasteiger partial charge on any atom is 0.216 e. The average Bonchev–Trinajstić information content (AvgIpc) is 3.38. The Morgan fingerprint density at radius 3 is 2.76 bits per heavy atom. The van der Waals surface area contributed by atoms with Gasteiger partial charge in [-0.05, 0) is 43.3 Å². The fourth-order valence-electron chi connectivity index (χ4n) is 2.47. The number of H-pyrrole nitrogens is 1. The molecular formula is C19H24FIN6O2. The Morgan fingerprint density at radius 2 is 2.07 bits per heavy atom. The molecule has 156 valence electrons. The summed E-state index contributed by atoms with van der Waals surface area (Å²) < 4.78 is 23.9. The van der Waals surface area contributed by atoms with Gasteiger partial charge in [0.1, 0.15) is 23.5 Å². The number of aromatic amines is 1. The molecule has 1 aromatic carbocycles. The Hall–Kier alpha value is -2.63. The van der Waals surface area contributed by atoms with Gasteiger partial charge < -0.3 is 19.8 Å². The minimum atomic E-state index is -0.286. The summed E-state index contributed by atoms with van der Waals surface area (Å²) in [7, 11) is 1.70. The molecule has 0 radical (unpaired) electrons. The number of nitrogens with one attached hydrogen (secondary N) is 3. The first-order valence-electron chi connectivity index (χ1n) is 8.96. The fourth-order valence-corrected chi connectivity index (χ4v) is 2.47. The van der Waals surface area contributed by atoms with Gasteiger partial charge in [0, 0.05) is 20.0 Å². The van der Waals surface area contributed by atoms with Crippen molar-refractivity contribution >= 4 is 29.9 Å². The maximum absolute atomic E-state index is 12.9. The van der Waals surface area contributed by atoms with E-state index in [1.54, 1.807) is 31.5 Å². The van der Waals surface area contributed by atoms with Crippen molar-refractivity contribution in [3.8, 4) is 17.3 Å². The van der Waals surface area contributed by atoms with Crippen LogP contribution in [0.1, 0.15) is 12.7 Å². The molecule has 0 fully saturated rings. The van der Waals surface area contributed by atoms with Crippen molar-refractivity contribution in [3.63, 3.8) is 0 Å². The van der Waals surface area contributed by atoms with Gasteiger partial charge in [-0.3, -0.25) is 10.1 Å². The lowest BCUT2D eigenvalue weighted by Gasteiger charge is -2.17. The van der Waals surface area contributed by atoms with Gasteiger partial charge in [-0.15, -0.1) is 24.0 Å². The average molecular weight is 514 g/mol. The predicted molar refractivity (Wildman–Crippen MR) is 119 cm³/mol. The second kappa shape index (κ2) is 11.4. The number of hydrogen-bond acceptors (Lipinski definition) is 5. The monoisotopic (exact) mass is 514 g/mol. The van der Waals surface area contributed by atoms with E-state index < -0.39 is 0 Å². The Balaban J connectivity index is 0.00000300. The van der Waals surface area contributed by atoms with Crippen molar-refractivity contribution in [1.82, 2.24) is 25.8 Å². The minimum absolute atomic E-state index is 0. The Morgan fingerprint density at radius 1 is 1.28 bits per heavy atom. The lowest BCUT2D eigenvalue weighted by atomic mass is 10.3. The van der Waals surface area contributed by atoms with Crippen LogP contribution in [0.5, 0.6) is 5.75 Å². The van der Waals surface area contributed by atoms with Crippen LogP contribution in [0, 0.1) is 5.82 Å². The molecule has 0 saturated heterocycles. The van der Waals surface area contributed by atoms with Gasteiger partial charge in [-0.1, -0.05) is 0 Å². The van der Waals surface area contributed by atoms with E-state index >= 15 is 0 Å². The van der Waals surface area contributed by atoms with E-state index in [1.165, 1.54) is 12.1 Å². The first-order valence-corrected chi connectivity index (χ1v) is 8.96. The molecule has 3 rings (SSSR count). The quantitative estimate of drug-likeness (QED) is 0.243. The Bertz CT molecular complexity index is 883. The van der Waals surface area contributed by atoms with Crippen LogP contribution in [0.2, 0.25) is 0 Å². The van der Waals surface area contributed by atoms with Crippen LogP contribution in [0.25, 0.3) is 11.6 Å². The highest BCUT2D eigenvalue weighted by atomic mass is 127. The molecule has 0 bridgehead atoms. The molecule has 2 heterocycles. The second-order valence-electron chi connectivity index (χ2n) is 6.10. The zero-order valence-corrected chi connectivity index (χ0v) is 18.5. The molecule has 0 aliphatic rings. The molecule has 0 amide bonds. The molecule has 29 heavy (non-hydrogen) atoms. The van der Waals surface area contributed by atoms with Crippen molar-refractivity contribution < 1.29 is 13.5 Å². The number of benzene rings is 1. The number of nitrogens with zero attached hydrogens (tertiary/aromatic N) is 3. The van der Waals surface area contributed by atoms with Crippen LogP contribution in [0.4, 0.5) is 4.39 Å². The van der Waals surface area contributed by atoms with E-state index in [0.29, 0.717) is 42.8 Å².